The molecule has 1 saturated heterocycles. The van der Waals surface area contributed by atoms with E-state index in [1.165, 1.54) is 17.8 Å². The Kier molecular flexibility index (Phi) is 3.38. The predicted octanol–water partition coefficient (Wildman–Crippen LogP) is 3.08. The van der Waals surface area contributed by atoms with Gasteiger partial charge in [0.15, 0.2) is 5.01 Å². The van der Waals surface area contributed by atoms with Crippen molar-refractivity contribution in [3.8, 4) is 11.3 Å². The summed E-state index contributed by atoms with van der Waals surface area (Å²) in [6, 6.07) is 5.93. The number of likely N-dealkylation sites (tertiary alicyclic amines) is 1. The molecule has 1 aliphatic heterocycles. The van der Waals surface area contributed by atoms with E-state index < -0.39 is 0 Å². The van der Waals surface area contributed by atoms with E-state index in [4.69, 9.17) is 0 Å². The summed E-state index contributed by atoms with van der Waals surface area (Å²) in [5.74, 6) is 0.0624. The van der Waals surface area contributed by atoms with Gasteiger partial charge in [-0.05, 0) is 31.4 Å². The highest BCUT2D eigenvalue weighted by atomic mass is 32.1. The van der Waals surface area contributed by atoms with Crippen molar-refractivity contribution in [2.24, 2.45) is 0 Å². The number of piperidine rings is 1. The van der Waals surface area contributed by atoms with Crippen LogP contribution in [-0.4, -0.2) is 38.5 Å². The lowest BCUT2D eigenvalue weighted by Gasteiger charge is -2.25. The number of thiazole rings is 1. The molecule has 0 aliphatic carbocycles. The van der Waals surface area contributed by atoms with Crippen molar-refractivity contribution in [3.63, 3.8) is 0 Å². The molecule has 4 heterocycles. The highest BCUT2D eigenvalue weighted by molar-refractivity contribution is 7.12. The summed E-state index contributed by atoms with van der Waals surface area (Å²) >= 11 is 1.42. The summed E-state index contributed by atoms with van der Waals surface area (Å²) < 4.78 is 1.82. The van der Waals surface area contributed by atoms with Crippen LogP contribution in [0, 0.1) is 0 Å². The summed E-state index contributed by atoms with van der Waals surface area (Å²) in [6.07, 6.45) is 7.12. The Morgan fingerprint density at radius 3 is 2.91 bits per heavy atom. The molecule has 1 fully saturated rings. The Morgan fingerprint density at radius 1 is 1.18 bits per heavy atom. The molecule has 0 bridgehead atoms. The smallest absolute Gasteiger partial charge is 0.282 e. The van der Waals surface area contributed by atoms with Crippen molar-refractivity contribution in [3.05, 3.63) is 41.0 Å². The van der Waals surface area contributed by atoms with Crippen molar-refractivity contribution in [2.45, 2.75) is 19.3 Å². The topological polar surface area (TPSA) is 50.5 Å². The van der Waals surface area contributed by atoms with E-state index in [0.29, 0.717) is 5.01 Å². The molecule has 5 nitrogen and oxygen atoms in total. The molecule has 1 aliphatic rings. The first-order valence-corrected chi connectivity index (χ1v) is 8.38. The molecule has 0 atom stereocenters. The Labute approximate surface area is 132 Å². The van der Waals surface area contributed by atoms with E-state index >= 15 is 0 Å². The summed E-state index contributed by atoms with van der Waals surface area (Å²) in [5.41, 5.74) is 2.80. The zero-order valence-corrected chi connectivity index (χ0v) is 12.9. The van der Waals surface area contributed by atoms with Gasteiger partial charge in [-0.2, -0.15) is 5.10 Å². The molecule has 0 saturated carbocycles. The number of pyridine rings is 1. The van der Waals surface area contributed by atoms with Crippen LogP contribution in [0.25, 0.3) is 16.8 Å². The van der Waals surface area contributed by atoms with Gasteiger partial charge in [0.1, 0.15) is 0 Å². The van der Waals surface area contributed by atoms with Crippen LogP contribution in [0.1, 0.15) is 29.1 Å². The molecule has 22 heavy (non-hydrogen) atoms. The van der Waals surface area contributed by atoms with Crippen LogP contribution in [-0.2, 0) is 0 Å². The summed E-state index contributed by atoms with van der Waals surface area (Å²) in [6.45, 7) is 1.70. The molecule has 0 spiro atoms. The maximum absolute atomic E-state index is 12.5. The molecule has 6 heteroatoms. The van der Waals surface area contributed by atoms with Crippen LogP contribution in [0.15, 0.2) is 36.0 Å². The molecule has 3 aromatic rings. The zero-order valence-electron chi connectivity index (χ0n) is 12.1. The number of nitrogens with zero attached hydrogens (tertiary/aromatic N) is 4. The fourth-order valence-corrected chi connectivity index (χ4v) is 3.64. The molecular weight excluding hydrogens is 296 g/mol. The highest BCUT2D eigenvalue weighted by Gasteiger charge is 2.21. The molecule has 3 aromatic heterocycles. The third kappa shape index (κ3) is 2.29. The Morgan fingerprint density at radius 2 is 2.05 bits per heavy atom. The fraction of sp³-hybridized carbons (Fsp3) is 0.312. The van der Waals surface area contributed by atoms with E-state index in [1.807, 2.05) is 39.2 Å². The zero-order chi connectivity index (χ0) is 14.9. The lowest BCUT2D eigenvalue weighted by atomic mass is 10.1. The number of fused-ring (bicyclic) bond motifs is 1. The van der Waals surface area contributed by atoms with E-state index in [0.717, 1.165) is 42.7 Å². The standard InChI is InChI=1S/C16H16N4OS/c21-16(19-7-3-1-4-8-19)15-18-13(11-22-15)12-10-17-20-9-5-2-6-14(12)20/h2,5-6,9-11H,1,3-4,7-8H2. The molecule has 112 valence electrons. The van der Waals surface area contributed by atoms with Crippen LogP contribution >= 0.6 is 11.3 Å². The Balaban J connectivity index is 1.65. The largest absolute Gasteiger partial charge is 0.337 e. The SMILES string of the molecule is O=C(c1nc(-c2cnn3ccccc23)cs1)N1CCCCC1. The number of carbonyl (C=O) groups is 1. The van der Waals surface area contributed by atoms with Crippen LogP contribution in [0.3, 0.4) is 0 Å². The van der Waals surface area contributed by atoms with Gasteiger partial charge in [-0.1, -0.05) is 6.07 Å². The van der Waals surface area contributed by atoms with Gasteiger partial charge in [0.05, 0.1) is 17.4 Å². The molecule has 0 N–H and O–H groups in total. The molecule has 0 unspecified atom stereocenters. The van der Waals surface area contributed by atoms with Crippen LogP contribution in [0.2, 0.25) is 0 Å². The number of carbonyl (C=O) groups excluding carboxylic acids is 1. The number of hydrogen-bond acceptors (Lipinski definition) is 4. The molecular formula is C16H16N4OS. The van der Waals surface area contributed by atoms with E-state index in [1.54, 1.807) is 6.20 Å². The second-order valence-corrected chi connectivity index (χ2v) is 6.34. The average Bonchev–Trinajstić information content (AvgIpc) is 3.21. The normalized spacial score (nSPS) is 15.4. The van der Waals surface area contributed by atoms with Gasteiger partial charge >= 0.3 is 0 Å². The van der Waals surface area contributed by atoms with Crippen molar-refractivity contribution in [1.29, 1.82) is 0 Å². The van der Waals surface area contributed by atoms with Crippen LogP contribution < -0.4 is 0 Å². The maximum atomic E-state index is 12.5. The van der Waals surface area contributed by atoms with Gasteiger partial charge in [-0.15, -0.1) is 11.3 Å². The monoisotopic (exact) mass is 312 g/mol. The maximum Gasteiger partial charge on any atom is 0.282 e. The van der Waals surface area contributed by atoms with Crippen molar-refractivity contribution in [2.75, 3.05) is 13.1 Å². The minimum absolute atomic E-state index is 0.0624. The predicted molar refractivity (Wildman–Crippen MR) is 86.1 cm³/mol. The molecule has 0 aromatic carbocycles. The first-order chi connectivity index (χ1) is 10.8. The second-order valence-electron chi connectivity index (χ2n) is 5.48. The van der Waals surface area contributed by atoms with E-state index in [-0.39, 0.29) is 5.91 Å². The van der Waals surface area contributed by atoms with Crippen LogP contribution in [0.4, 0.5) is 0 Å². The van der Waals surface area contributed by atoms with Crippen molar-refractivity contribution < 1.29 is 4.79 Å². The second kappa shape index (κ2) is 5.53. The van der Waals surface area contributed by atoms with E-state index in [9.17, 15) is 4.79 Å². The first kappa shape index (κ1) is 13.5. The Bertz CT molecular complexity index is 816. The van der Waals surface area contributed by atoms with Gasteiger partial charge in [-0.25, -0.2) is 9.50 Å². The average molecular weight is 312 g/mol. The third-order valence-electron chi connectivity index (χ3n) is 4.03. The van der Waals surface area contributed by atoms with E-state index in [2.05, 4.69) is 10.1 Å². The molecule has 1 amide bonds. The number of aromatic nitrogens is 3. The number of rotatable bonds is 2. The van der Waals surface area contributed by atoms with Gasteiger partial charge in [-0.3, -0.25) is 4.79 Å². The number of hydrogen-bond donors (Lipinski definition) is 0. The minimum atomic E-state index is 0.0624. The number of amides is 1. The Hall–Kier alpha value is -2.21. The lowest BCUT2D eigenvalue weighted by Crippen LogP contribution is -2.35. The molecule has 4 rings (SSSR count). The molecule has 0 radical (unpaired) electrons. The van der Waals surface area contributed by atoms with Crippen molar-refractivity contribution in [1.82, 2.24) is 19.5 Å². The fourth-order valence-electron chi connectivity index (χ4n) is 2.86. The van der Waals surface area contributed by atoms with Gasteiger partial charge in [0, 0.05) is 30.2 Å². The van der Waals surface area contributed by atoms with Gasteiger partial charge < -0.3 is 4.90 Å². The first-order valence-electron chi connectivity index (χ1n) is 7.50. The van der Waals surface area contributed by atoms with Crippen LogP contribution in [0.5, 0.6) is 0 Å². The lowest BCUT2D eigenvalue weighted by molar-refractivity contribution is 0.0724. The third-order valence-corrected chi connectivity index (χ3v) is 4.86. The minimum Gasteiger partial charge on any atom is -0.337 e. The highest BCUT2D eigenvalue weighted by Crippen LogP contribution is 2.26. The van der Waals surface area contributed by atoms with Gasteiger partial charge in [0.2, 0.25) is 0 Å². The summed E-state index contributed by atoms with van der Waals surface area (Å²) in [4.78, 5) is 19.0. The summed E-state index contributed by atoms with van der Waals surface area (Å²) in [7, 11) is 0. The van der Waals surface area contributed by atoms with Gasteiger partial charge in [0.25, 0.3) is 5.91 Å². The summed E-state index contributed by atoms with van der Waals surface area (Å²) in [5, 5.41) is 6.85. The quantitative estimate of drug-likeness (QED) is 0.730. The van der Waals surface area contributed by atoms with Crippen molar-refractivity contribution >= 4 is 22.8 Å².